The van der Waals surface area contributed by atoms with E-state index in [1.165, 1.54) is 12.1 Å². The number of fused-ring (bicyclic) bond motifs is 1. The average Bonchev–Trinajstić information content (AvgIpc) is 2.46. The van der Waals surface area contributed by atoms with Crippen molar-refractivity contribution < 1.29 is 8.81 Å². The van der Waals surface area contributed by atoms with Gasteiger partial charge in [0.05, 0.1) is 0 Å². The molecule has 0 saturated carbocycles. The average molecular weight is 164 g/mol. The van der Waals surface area contributed by atoms with Crippen molar-refractivity contribution >= 4 is 11.0 Å². The Bertz CT molecular complexity index is 403. The molecule has 62 valence electrons. The van der Waals surface area contributed by atoms with Crippen molar-refractivity contribution in [2.75, 3.05) is 0 Å². The monoisotopic (exact) mass is 164 g/mol. The van der Waals surface area contributed by atoms with Crippen LogP contribution in [0.2, 0.25) is 0 Å². The van der Waals surface area contributed by atoms with Crippen molar-refractivity contribution in [2.24, 2.45) is 0 Å². The fourth-order valence-corrected chi connectivity index (χ4v) is 1.24. The van der Waals surface area contributed by atoms with Crippen LogP contribution in [0.1, 0.15) is 12.7 Å². The number of aryl methyl sites for hydroxylation is 1. The molecule has 0 radical (unpaired) electrons. The third kappa shape index (κ3) is 1.09. The van der Waals surface area contributed by atoms with Gasteiger partial charge in [-0.05, 0) is 24.3 Å². The molecular formula is C10H9FO. The molecule has 2 aromatic rings. The van der Waals surface area contributed by atoms with Crippen LogP contribution in [0.15, 0.2) is 28.7 Å². The summed E-state index contributed by atoms with van der Waals surface area (Å²) in [5.41, 5.74) is 0.758. The summed E-state index contributed by atoms with van der Waals surface area (Å²) in [6.07, 6.45) is 0.844. The Morgan fingerprint density at radius 3 is 2.92 bits per heavy atom. The molecule has 1 aromatic carbocycles. The lowest BCUT2D eigenvalue weighted by Crippen LogP contribution is -1.69. The number of halogens is 1. The lowest BCUT2D eigenvalue weighted by molar-refractivity contribution is 0.556. The van der Waals surface area contributed by atoms with Crippen LogP contribution in [0.4, 0.5) is 4.39 Å². The molecular weight excluding hydrogens is 155 g/mol. The second kappa shape index (κ2) is 2.63. The van der Waals surface area contributed by atoms with Gasteiger partial charge in [0.15, 0.2) is 0 Å². The topological polar surface area (TPSA) is 13.1 Å². The van der Waals surface area contributed by atoms with Gasteiger partial charge in [0, 0.05) is 11.8 Å². The van der Waals surface area contributed by atoms with E-state index in [9.17, 15) is 4.39 Å². The smallest absolute Gasteiger partial charge is 0.134 e. The Labute approximate surface area is 69.8 Å². The molecule has 0 amide bonds. The Balaban J connectivity index is 2.67. The van der Waals surface area contributed by atoms with Crippen LogP contribution in [-0.4, -0.2) is 0 Å². The summed E-state index contributed by atoms with van der Waals surface area (Å²) < 4.78 is 18.1. The zero-order valence-electron chi connectivity index (χ0n) is 6.80. The highest BCUT2D eigenvalue weighted by Crippen LogP contribution is 2.20. The molecule has 12 heavy (non-hydrogen) atoms. The van der Waals surface area contributed by atoms with Crippen LogP contribution in [0, 0.1) is 5.82 Å². The summed E-state index contributed by atoms with van der Waals surface area (Å²) in [5.74, 6) is 0.682. The van der Waals surface area contributed by atoms with Crippen molar-refractivity contribution in [1.82, 2.24) is 0 Å². The van der Waals surface area contributed by atoms with E-state index < -0.39 is 0 Å². The van der Waals surface area contributed by atoms with Crippen LogP contribution in [0.5, 0.6) is 0 Å². The molecule has 0 aliphatic heterocycles. The summed E-state index contributed by atoms with van der Waals surface area (Å²) in [6, 6.07) is 6.42. The predicted molar refractivity (Wildman–Crippen MR) is 45.6 cm³/mol. The standard InChI is InChI=1S/C10H9FO/c1-2-9-6-7-5-8(11)3-4-10(7)12-9/h3-6H,2H2,1H3. The third-order valence-electron chi connectivity index (χ3n) is 1.88. The molecule has 1 aromatic heterocycles. The van der Waals surface area contributed by atoms with E-state index in [-0.39, 0.29) is 5.82 Å². The fraction of sp³-hybridized carbons (Fsp3) is 0.200. The number of rotatable bonds is 1. The maximum atomic E-state index is 12.7. The highest BCUT2D eigenvalue weighted by Gasteiger charge is 2.01. The Morgan fingerprint density at radius 2 is 2.17 bits per heavy atom. The van der Waals surface area contributed by atoms with Gasteiger partial charge in [0.2, 0.25) is 0 Å². The van der Waals surface area contributed by atoms with Gasteiger partial charge < -0.3 is 4.42 Å². The molecule has 0 fully saturated rings. The third-order valence-corrected chi connectivity index (χ3v) is 1.88. The Kier molecular flexibility index (Phi) is 1.61. The first-order chi connectivity index (χ1) is 5.79. The van der Waals surface area contributed by atoms with E-state index in [1.54, 1.807) is 6.07 Å². The van der Waals surface area contributed by atoms with Crippen LogP contribution < -0.4 is 0 Å². The van der Waals surface area contributed by atoms with Gasteiger partial charge in [0.25, 0.3) is 0 Å². The molecule has 0 spiro atoms. The van der Waals surface area contributed by atoms with Gasteiger partial charge in [-0.3, -0.25) is 0 Å². The molecule has 1 heterocycles. The SMILES string of the molecule is CCc1cc2cc(F)ccc2o1. The molecule has 1 nitrogen and oxygen atoms in total. The van der Waals surface area contributed by atoms with Gasteiger partial charge in [-0.2, -0.15) is 0 Å². The van der Waals surface area contributed by atoms with E-state index in [4.69, 9.17) is 4.42 Å². The predicted octanol–water partition coefficient (Wildman–Crippen LogP) is 3.13. The van der Waals surface area contributed by atoms with E-state index in [2.05, 4.69) is 0 Å². The summed E-state index contributed by atoms with van der Waals surface area (Å²) >= 11 is 0. The van der Waals surface area contributed by atoms with Crippen LogP contribution in [0.25, 0.3) is 11.0 Å². The summed E-state index contributed by atoms with van der Waals surface area (Å²) in [6.45, 7) is 2.01. The maximum Gasteiger partial charge on any atom is 0.134 e. The van der Waals surface area contributed by atoms with Crippen molar-refractivity contribution in [3.8, 4) is 0 Å². The van der Waals surface area contributed by atoms with E-state index in [0.717, 1.165) is 23.2 Å². The van der Waals surface area contributed by atoms with Gasteiger partial charge in [-0.25, -0.2) is 4.39 Å². The molecule has 0 aliphatic rings. The van der Waals surface area contributed by atoms with Gasteiger partial charge in [-0.1, -0.05) is 6.92 Å². The van der Waals surface area contributed by atoms with Crippen molar-refractivity contribution in [1.29, 1.82) is 0 Å². The van der Waals surface area contributed by atoms with Gasteiger partial charge >= 0.3 is 0 Å². The first-order valence-corrected chi connectivity index (χ1v) is 3.97. The number of hydrogen-bond acceptors (Lipinski definition) is 1. The molecule has 0 N–H and O–H groups in total. The summed E-state index contributed by atoms with van der Waals surface area (Å²) in [7, 11) is 0. The zero-order valence-corrected chi connectivity index (χ0v) is 6.80. The minimum Gasteiger partial charge on any atom is -0.461 e. The lowest BCUT2D eigenvalue weighted by atomic mass is 10.2. The van der Waals surface area contributed by atoms with E-state index >= 15 is 0 Å². The van der Waals surface area contributed by atoms with Crippen molar-refractivity contribution in [3.05, 3.63) is 35.8 Å². The summed E-state index contributed by atoms with van der Waals surface area (Å²) in [5, 5.41) is 0.840. The molecule has 0 unspecified atom stereocenters. The van der Waals surface area contributed by atoms with E-state index in [1.807, 2.05) is 13.0 Å². The van der Waals surface area contributed by atoms with Crippen LogP contribution in [0.3, 0.4) is 0 Å². The lowest BCUT2D eigenvalue weighted by Gasteiger charge is -1.86. The van der Waals surface area contributed by atoms with Crippen molar-refractivity contribution in [2.45, 2.75) is 13.3 Å². The normalized spacial score (nSPS) is 10.8. The van der Waals surface area contributed by atoms with Gasteiger partial charge in [0.1, 0.15) is 17.2 Å². The Hall–Kier alpha value is -1.31. The largest absolute Gasteiger partial charge is 0.461 e. The van der Waals surface area contributed by atoms with Crippen LogP contribution >= 0.6 is 0 Å². The fourth-order valence-electron chi connectivity index (χ4n) is 1.24. The number of hydrogen-bond donors (Lipinski definition) is 0. The number of benzene rings is 1. The molecule has 0 aliphatic carbocycles. The molecule has 2 heteroatoms. The highest BCUT2D eigenvalue weighted by molar-refractivity contribution is 5.77. The van der Waals surface area contributed by atoms with E-state index in [0.29, 0.717) is 0 Å². The van der Waals surface area contributed by atoms with Gasteiger partial charge in [-0.15, -0.1) is 0 Å². The Morgan fingerprint density at radius 1 is 1.33 bits per heavy atom. The second-order valence-corrected chi connectivity index (χ2v) is 2.75. The first-order valence-electron chi connectivity index (χ1n) is 3.97. The maximum absolute atomic E-state index is 12.7. The zero-order chi connectivity index (χ0) is 8.55. The minimum atomic E-state index is -0.217. The first kappa shape index (κ1) is 7.35. The molecule has 0 saturated heterocycles. The quantitative estimate of drug-likeness (QED) is 0.631. The number of furan rings is 1. The molecule has 2 rings (SSSR count). The minimum absolute atomic E-state index is 0.217. The molecule has 0 bridgehead atoms. The van der Waals surface area contributed by atoms with Crippen molar-refractivity contribution in [3.63, 3.8) is 0 Å². The highest BCUT2D eigenvalue weighted by atomic mass is 19.1. The second-order valence-electron chi connectivity index (χ2n) is 2.75. The molecule has 0 atom stereocenters. The summed E-state index contributed by atoms with van der Waals surface area (Å²) in [4.78, 5) is 0. The van der Waals surface area contributed by atoms with Crippen LogP contribution in [-0.2, 0) is 6.42 Å².